The van der Waals surface area contributed by atoms with E-state index >= 15 is 0 Å². The van der Waals surface area contributed by atoms with Crippen molar-refractivity contribution in [3.05, 3.63) is 251 Å². The molecule has 2 unspecified atom stereocenters. The van der Waals surface area contributed by atoms with Gasteiger partial charge in [-0.15, -0.1) is 0 Å². The van der Waals surface area contributed by atoms with E-state index < -0.39 is 0 Å². The molecule has 0 amide bonds. The SMILES string of the molecule is C=c1cccc/c1=C(/N=C(C)C)c1ccc(-c2ccccc2)cc1.CC.CC.CC.Cc1ccccc1.Cc1ccccc1-c1ccc(-c2cc(C3C=CC=CC3C)c(C)c3ccccc23)cc1. The maximum Gasteiger partial charge on any atom is 0.0779 e. The average Bonchev–Trinajstić information content (AvgIpc) is 3.39. The van der Waals surface area contributed by atoms with Crippen molar-refractivity contribution in [2.75, 3.05) is 0 Å². The summed E-state index contributed by atoms with van der Waals surface area (Å²) in [5.74, 6) is 0.917. The predicted molar refractivity (Wildman–Crippen MR) is 304 cm³/mol. The molecule has 68 heavy (non-hydrogen) atoms. The molecule has 2 atom stereocenters. The molecule has 0 saturated carbocycles. The maximum absolute atomic E-state index is 4.77. The van der Waals surface area contributed by atoms with E-state index in [-0.39, 0.29) is 0 Å². The highest BCUT2D eigenvalue weighted by molar-refractivity contribution is 5.99. The minimum absolute atomic E-state index is 0.416. The summed E-state index contributed by atoms with van der Waals surface area (Å²) in [6.07, 6.45) is 9.03. The van der Waals surface area contributed by atoms with Gasteiger partial charge in [-0.25, -0.2) is 0 Å². The Morgan fingerprint density at radius 1 is 0.471 bits per heavy atom. The molecule has 1 aliphatic rings. The van der Waals surface area contributed by atoms with Crippen LogP contribution >= 0.6 is 0 Å². The fraction of sp³-hybridized carbons (Fsp3) is 0.209. The first kappa shape index (κ1) is 53.5. The fourth-order valence-electron chi connectivity index (χ4n) is 8.20. The fourth-order valence-corrected chi connectivity index (χ4v) is 8.20. The van der Waals surface area contributed by atoms with Gasteiger partial charge in [-0.05, 0) is 113 Å². The molecule has 0 N–H and O–H groups in total. The molecule has 1 aliphatic carbocycles. The maximum atomic E-state index is 4.77. The van der Waals surface area contributed by atoms with Crippen LogP contribution < -0.4 is 10.4 Å². The van der Waals surface area contributed by atoms with Gasteiger partial charge in [0.25, 0.3) is 0 Å². The molecule has 1 heteroatoms. The molecule has 0 aliphatic heterocycles. The average molecular weight is 894 g/mol. The summed E-state index contributed by atoms with van der Waals surface area (Å²) in [5, 5.41) is 4.75. The number of aliphatic imine (C=N–C) groups is 1. The first-order chi connectivity index (χ1) is 33.2. The van der Waals surface area contributed by atoms with Crippen molar-refractivity contribution in [3.63, 3.8) is 0 Å². The van der Waals surface area contributed by atoms with E-state index in [4.69, 9.17) is 4.99 Å². The van der Waals surface area contributed by atoms with Crippen LogP contribution in [0.2, 0.25) is 0 Å². The van der Waals surface area contributed by atoms with Gasteiger partial charge in [-0.1, -0.05) is 267 Å². The van der Waals surface area contributed by atoms with Crippen molar-refractivity contribution in [1.82, 2.24) is 0 Å². The number of nitrogens with zero attached hydrogens (tertiary/aromatic N) is 1. The molecule has 0 aromatic heterocycles. The van der Waals surface area contributed by atoms with Gasteiger partial charge in [-0.3, -0.25) is 4.99 Å². The van der Waals surface area contributed by atoms with Crippen LogP contribution in [0.3, 0.4) is 0 Å². The summed E-state index contributed by atoms with van der Waals surface area (Å²) < 4.78 is 0. The number of aryl methyl sites for hydroxylation is 3. The van der Waals surface area contributed by atoms with Crippen LogP contribution in [-0.4, -0.2) is 5.71 Å². The molecule has 0 bridgehead atoms. The van der Waals surface area contributed by atoms with Crippen LogP contribution in [0.4, 0.5) is 0 Å². The highest BCUT2D eigenvalue weighted by atomic mass is 14.7. The quantitative estimate of drug-likeness (QED) is 0.148. The number of allylic oxidation sites excluding steroid dienone is 4. The Bertz CT molecular complexity index is 2950. The normalized spacial score (nSPS) is 13.5. The first-order valence-corrected chi connectivity index (χ1v) is 24.7. The lowest BCUT2D eigenvalue weighted by atomic mass is 9.79. The second-order valence-electron chi connectivity index (χ2n) is 16.4. The molecule has 1 nitrogen and oxygen atoms in total. The lowest BCUT2D eigenvalue weighted by Gasteiger charge is -2.25. The zero-order valence-electron chi connectivity index (χ0n) is 43.0. The molecular formula is C67H75N. The molecule has 0 fully saturated rings. The second kappa shape index (κ2) is 28.2. The largest absolute Gasteiger partial charge is 0.257 e. The van der Waals surface area contributed by atoms with E-state index in [1.54, 1.807) is 0 Å². The van der Waals surface area contributed by atoms with Crippen LogP contribution in [0.15, 0.2) is 217 Å². The van der Waals surface area contributed by atoms with Crippen LogP contribution in [0.25, 0.3) is 56.4 Å². The van der Waals surface area contributed by atoms with Crippen molar-refractivity contribution in [2.45, 2.75) is 89.0 Å². The second-order valence-corrected chi connectivity index (χ2v) is 16.4. The van der Waals surface area contributed by atoms with Crippen LogP contribution in [-0.2, 0) is 0 Å². The van der Waals surface area contributed by atoms with Gasteiger partial charge in [0.1, 0.15) is 0 Å². The predicted octanol–water partition coefficient (Wildman–Crippen LogP) is 18.1. The summed E-state index contributed by atoms with van der Waals surface area (Å²) in [6.45, 7) is 29.0. The number of hydrogen-bond donors (Lipinski definition) is 0. The van der Waals surface area contributed by atoms with Gasteiger partial charge in [0.2, 0.25) is 0 Å². The third-order valence-electron chi connectivity index (χ3n) is 11.6. The Balaban J connectivity index is 0.000000241. The van der Waals surface area contributed by atoms with Gasteiger partial charge in [0.05, 0.1) is 5.70 Å². The summed E-state index contributed by atoms with van der Waals surface area (Å²) in [6, 6.07) is 66.3. The number of benzene rings is 8. The zero-order chi connectivity index (χ0) is 49.4. The van der Waals surface area contributed by atoms with E-state index in [0.29, 0.717) is 11.8 Å². The highest BCUT2D eigenvalue weighted by Crippen LogP contribution is 2.40. The van der Waals surface area contributed by atoms with Gasteiger partial charge >= 0.3 is 0 Å². The molecule has 8 aromatic rings. The minimum Gasteiger partial charge on any atom is -0.257 e. The summed E-state index contributed by atoms with van der Waals surface area (Å²) >= 11 is 0. The molecule has 348 valence electrons. The molecule has 0 heterocycles. The zero-order valence-corrected chi connectivity index (χ0v) is 43.0. The molecule has 0 spiro atoms. The van der Waals surface area contributed by atoms with Crippen molar-refractivity contribution in [3.8, 4) is 33.4 Å². The number of rotatable bonds is 6. The van der Waals surface area contributed by atoms with E-state index in [1.807, 2.05) is 97.9 Å². The van der Waals surface area contributed by atoms with Crippen LogP contribution in [0.1, 0.15) is 96.0 Å². The summed E-state index contributed by atoms with van der Waals surface area (Å²) in [7, 11) is 0. The van der Waals surface area contributed by atoms with Crippen LogP contribution in [0.5, 0.6) is 0 Å². The Labute approximate surface area is 410 Å². The van der Waals surface area contributed by atoms with E-state index in [1.165, 1.54) is 66.4 Å². The minimum atomic E-state index is 0.416. The van der Waals surface area contributed by atoms with Gasteiger partial charge in [0.15, 0.2) is 0 Å². The Kier molecular flexibility index (Phi) is 22.2. The third-order valence-corrected chi connectivity index (χ3v) is 11.6. The Morgan fingerprint density at radius 3 is 1.51 bits per heavy atom. The van der Waals surface area contributed by atoms with Gasteiger partial charge in [-0.2, -0.15) is 0 Å². The highest BCUT2D eigenvalue weighted by Gasteiger charge is 2.21. The number of hydrogen-bond acceptors (Lipinski definition) is 1. The lowest BCUT2D eigenvalue weighted by Crippen LogP contribution is -2.25. The van der Waals surface area contributed by atoms with Crippen LogP contribution in [0, 0.1) is 26.7 Å². The lowest BCUT2D eigenvalue weighted by molar-refractivity contribution is 0.633. The molecule has 9 rings (SSSR count). The molecular weight excluding hydrogens is 819 g/mol. The van der Waals surface area contributed by atoms with Crippen molar-refractivity contribution < 1.29 is 0 Å². The van der Waals surface area contributed by atoms with Crippen molar-refractivity contribution in [1.29, 1.82) is 0 Å². The Morgan fingerprint density at radius 2 is 0.956 bits per heavy atom. The third kappa shape index (κ3) is 14.5. The number of fused-ring (bicyclic) bond motifs is 1. The molecule has 0 saturated heterocycles. The topological polar surface area (TPSA) is 12.4 Å². The van der Waals surface area contributed by atoms with Gasteiger partial charge in [0, 0.05) is 22.4 Å². The first-order valence-electron chi connectivity index (χ1n) is 24.7. The van der Waals surface area contributed by atoms with Gasteiger partial charge < -0.3 is 0 Å². The van der Waals surface area contributed by atoms with E-state index in [2.05, 4.69) is 204 Å². The molecule has 8 aromatic carbocycles. The summed E-state index contributed by atoms with van der Waals surface area (Å²) in [4.78, 5) is 4.77. The van der Waals surface area contributed by atoms with Crippen molar-refractivity contribution >= 4 is 28.8 Å². The standard InChI is InChI=1S/C31H28.C23H21N.C7H8.3C2H6/c1-21-10-4-6-12-26(21)24-16-18-25(19-17-24)31-20-30(27-13-7-5-11-22(27)2)23(3)28-14-8-9-15-29(28)31;1-17(2)24-23(22-12-8-7-9-18(22)3)21-15-13-20(14-16-21)19-10-5-4-6-11-19;1-7-5-3-2-4-6-7;3*1-2/h4-20,22,27H,1-3H3;4-16H,3H2,1-2H3;2-6H,1H3;3*1-2H3/b;23-22-;;;;. The van der Waals surface area contributed by atoms with E-state index in [0.717, 1.165) is 27.4 Å². The smallest absolute Gasteiger partial charge is 0.0779 e. The monoisotopic (exact) mass is 894 g/mol. The molecule has 0 radical (unpaired) electrons. The Hall–Kier alpha value is -7.09. The van der Waals surface area contributed by atoms with E-state index in [9.17, 15) is 0 Å². The van der Waals surface area contributed by atoms with Crippen molar-refractivity contribution in [2.24, 2.45) is 10.9 Å². The summed E-state index contributed by atoms with van der Waals surface area (Å²) in [5.41, 5.74) is 16.2.